The van der Waals surface area contributed by atoms with Crippen molar-refractivity contribution >= 4 is 11.3 Å². The quantitative estimate of drug-likeness (QED) is 0.919. The van der Waals surface area contributed by atoms with Crippen molar-refractivity contribution in [2.45, 2.75) is 39.2 Å². The minimum Gasteiger partial charge on any atom is -0.306 e. The van der Waals surface area contributed by atoms with Gasteiger partial charge >= 0.3 is 0 Å². The number of nitrogens with zero attached hydrogens (tertiary/aromatic N) is 1. The van der Waals surface area contributed by atoms with Crippen molar-refractivity contribution < 1.29 is 0 Å². The standard InChI is InChI=1S/C16H20N2S/c1-3-18-16(13-7-11(2)9-17-10-13)15-8-12-5-4-6-14(12)19-15/h7-10,16,18H,3-6H2,1-2H3. The van der Waals surface area contributed by atoms with E-state index in [4.69, 9.17) is 0 Å². The highest BCUT2D eigenvalue weighted by Gasteiger charge is 2.21. The third-order valence-electron chi connectivity index (χ3n) is 3.69. The van der Waals surface area contributed by atoms with Crippen LogP contribution in [0.25, 0.3) is 0 Å². The van der Waals surface area contributed by atoms with Gasteiger partial charge in [-0.1, -0.05) is 13.0 Å². The van der Waals surface area contributed by atoms with Crippen LogP contribution >= 0.6 is 11.3 Å². The Bertz CT molecular complexity index is 552. The summed E-state index contributed by atoms with van der Waals surface area (Å²) in [6.07, 6.45) is 7.77. The van der Waals surface area contributed by atoms with E-state index in [0.717, 1.165) is 6.54 Å². The SMILES string of the molecule is CCNC(c1cncc(C)c1)c1cc2c(s1)CCC2. The first-order chi connectivity index (χ1) is 9.28. The lowest BCUT2D eigenvalue weighted by Crippen LogP contribution is -2.21. The first kappa shape index (κ1) is 12.8. The third kappa shape index (κ3) is 2.58. The number of rotatable bonds is 4. The van der Waals surface area contributed by atoms with Crippen molar-refractivity contribution in [2.24, 2.45) is 0 Å². The normalized spacial score (nSPS) is 15.5. The molecular formula is C16H20N2S. The maximum atomic E-state index is 4.34. The molecule has 0 aromatic carbocycles. The van der Waals surface area contributed by atoms with Gasteiger partial charge in [-0.3, -0.25) is 4.98 Å². The van der Waals surface area contributed by atoms with Crippen molar-refractivity contribution in [1.29, 1.82) is 0 Å². The Morgan fingerprint density at radius 3 is 2.95 bits per heavy atom. The van der Waals surface area contributed by atoms with Gasteiger partial charge in [0.1, 0.15) is 0 Å². The van der Waals surface area contributed by atoms with Crippen molar-refractivity contribution in [3.63, 3.8) is 0 Å². The topological polar surface area (TPSA) is 24.9 Å². The Kier molecular flexibility index (Phi) is 3.67. The molecule has 1 unspecified atom stereocenters. The molecule has 1 aliphatic carbocycles. The van der Waals surface area contributed by atoms with Crippen molar-refractivity contribution in [3.05, 3.63) is 51.0 Å². The Hall–Kier alpha value is -1.19. The largest absolute Gasteiger partial charge is 0.306 e. The summed E-state index contributed by atoms with van der Waals surface area (Å²) in [5, 5.41) is 3.60. The van der Waals surface area contributed by atoms with Gasteiger partial charge in [0.2, 0.25) is 0 Å². The van der Waals surface area contributed by atoms with Gasteiger partial charge in [0.05, 0.1) is 6.04 Å². The van der Waals surface area contributed by atoms with E-state index >= 15 is 0 Å². The Morgan fingerprint density at radius 1 is 1.32 bits per heavy atom. The van der Waals surface area contributed by atoms with Crippen LogP contribution in [-0.2, 0) is 12.8 Å². The fourth-order valence-corrected chi connectivity index (χ4v) is 4.18. The molecule has 0 fully saturated rings. The number of aromatic nitrogens is 1. The summed E-state index contributed by atoms with van der Waals surface area (Å²) >= 11 is 1.98. The number of hydrogen-bond acceptors (Lipinski definition) is 3. The number of pyridine rings is 1. The van der Waals surface area contributed by atoms with E-state index in [9.17, 15) is 0 Å². The molecule has 3 heteroatoms. The summed E-state index contributed by atoms with van der Waals surface area (Å²) in [5.74, 6) is 0. The van der Waals surface area contributed by atoms with Crippen LogP contribution in [0.3, 0.4) is 0 Å². The van der Waals surface area contributed by atoms with Gasteiger partial charge in [-0.25, -0.2) is 0 Å². The highest BCUT2D eigenvalue weighted by atomic mass is 32.1. The molecule has 100 valence electrons. The van der Waals surface area contributed by atoms with Crippen LogP contribution in [0.15, 0.2) is 24.5 Å². The molecular weight excluding hydrogens is 252 g/mol. The molecule has 0 saturated carbocycles. The third-order valence-corrected chi connectivity index (χ3v) is 4.99. The molecule has 1 N–H and O–H groups in total. The van der Waals surface area contributed by atoms with Crippen molar-refractivity contribution in [3.8, 4) is 0 Å². The second kappa shape index (κ2) is 5.43. The van der Waals surface area contributed by atoms with E-state index in [0.29, 0.717) is 6.04 Å². The number of aryl methyl sites for hydroxylation is 3. The van der Waals surface area contributed by atoms with E-state index in [2.05, 4.69) is 36.3 Å². The van der Waals surface area contributed by atoms with Crippen LogP contribution < -0.4 is 5.32 Å². The Morgan fingerprint density at radius 2 is 2.21 bits per heavy atom. The highest BCUT2D eigenvalue weighted by Crippen LogP contribution is 2.36. The zero-order chi connectivity index (χ0) is 13.2. The molecule has 2 nitrogen and oxygen atoms in total. The maximum absolute atomic E-state index is 4.34. The van der Waals surface area contributed by atoms with E-state index in [1.54, 1.807) is 10.4 Å². The Balaban J connectivity index is 1.95. The molecule has 0 bridgehead atoms. The van der Waals surface area contributed by atoms with Crippen molar-refractivity contribution in [2.75, 3.05) is 6.54 Å². The van der Waals surface area contributed by atoms with Gasteiger partial charge in [0.15, 0.2) is 0 Å². The zero-order valence-corrected chi connectivity index (χ0v) is 12.4. The van der Waals surface area contributed by atoms with E-state index in [1.165, 1.54) is 35.3 Å². The fraction of sp³-hybridized carbons (Fsp3) is 0.438. The first-order valence-electron chi connectivity index (χ1n) is 7.04. The predicted molar refractivity (Wildman–Crippen MR) is 80.8 cm³/mol. The summed E-state index contributed by atoms with van der Waals surface area (Å²) in [6.45, 7) is 5.24. The molecule has 19 heavy (non-hydrogen) atoms. The smallest absolute Gasteiger partial charge is 0.0686 e. The van der Waals surface area contributed by atoms with Gasteiger partial charge in [0, 0.05) is 22.1 Å². The monoisotopic (exact) mass is 272 g/mol. The predicted octanol–water partition coefficient (Wildman–Crippen LogP) is 3.64. The average molecular weight is 272 g/mol. The summed E-state index contributed by atoms with van der Waals surface area (Å²) in [5.41, 5.74) is 4.08. The van der Waals surface area contributed by atoms with Gasteiger partial charge < -0.3 is 5.32 Å². The van der Waals surface area contributed by atoms with Crippen LogP contribution in [-0.4, -0.2) is 11.5 Å². The number of thiophene rings is 1. The van der Waals surface area contributed by atoms with Crippen LogP contribution in [0.1, 0.15) is 45.8 Å². The van der Waals surface area contributed by atoms with Gasteiger partial charge in [-0.05, 0) is 55.5 Å². The molecule has 1 atom stereocenters. The molecule has 3 rings (SSSR count). The van der Waals surface area contributed by atoms with Crippen LogP contribution in [0.5, 0.6) is 0 Å². The van der Waals surface area contributed by atoms with Gasteiger partial charge in [-0.2, -0.15) is 0 Å². The average Bonchev–Trinajstić information content (AvgIpc) is 2.96. The zero-order valence-electron chi connectivity index (χ0n) is 11.6. The second-order valence-corrected chi connectivity index (χ2v) is 6.41. The number of hydrogen-bond donors (Lipinski definition) is 1. The lowest BCUT2D eigenvalue weighted by Gasteiger charge is -2.17. The molecule has 2 aromatic heterocycles. The molecule has 0 saturated heterocycles. The molecule has 0 amide bonds. The molecule has 0 radical (unpaired) electrons. The van der Waals surface area contributed by atoms with Crippen LogP contribution in [0, 0.1) is 6.92 Å². The summed E-state index contributed by atoms with van der Waals surface area (Å²) in [6, 6.07) is 4.95. The van der Waals surface area contributed by atoms with Crippen LogP contribution in [0.4, 0.5) is 0 Å². The van der Waals surface area contributed by atoms with E-state index in [-0.39, 0.29) is 0 Å². The Labute approximate surface area is 118 Å². The second-order valence-electron chi connectivity index (χ2n) is 5.24. The summed E-state index contributed by atoms with van der Waals surface area (Å²) < 4.78 is 0. The van der Waals surface area contributed by atoms with Gasteiger partial charge in [0.25, 0.3) is 0 Å². The lowest BCUT2D eigenvalue weighted by atomic mass is 10.1. The molecule has 1 aliphatic rings. The molecule has 0 aliphatic heterocycles. The molecule has 2 heterocycles. The number of fused-ring (bicyclic) bond motifs is 1. The highest BCUT2D eigenvalue weighted by molar-refractivity contribution is 7.12. The number of nitrogens with one attached hydrogen (secondary N) is 1. The van der Waals surface area contributed by atoms with E-state index < -0.39 is 0 Å². The maximum Gasteiger partial charge on any atom is 0.0686 e. The molecule has 0 spiro atoms. The van der Waals surface area contributed by atoms with Gasteiger partial charge in [-0.15, -0.1) is 11.3 Å². The molecule has 2 aromatic rings. The van der Waals surface area contributed by atoms with Crippen LogP contribution in [0.2, 0.25) is 0 Å². The lowest BCUT2D eigenvalue weighted by molar-refractivity contribution is 0.636. The first-order valence-corrected chi connectivity index (χ1v) is 7.86. The summed E-state index contributed by atoms with van der Waals surface area (Å²) in [4.78, 5) is 7.38. The van der Waals surface area contributed by atoms with Crippen molar-refractivity contribution in [1.82, 2.24) is 10.3 Å². The fourth-order valence-electron chi connectivity index (χ4n) is 2.82. The van der Waals surface area contributed by atoms with E-state index in [1.807, 2.05) is 23.7 Å². The minimum absolute atomic E-state index is 0.299. The minimum atomic E-state index is 0.299. The summed E-state index contributed by atoms with van der Waals surface area (Å²) in [7, 11) is 0.